The second kappa shape index (κ2) is 5.42. The van der Waals surface area contributed by atoms with Gasteiger partial charge < -0.3 is 19.7 Å². The van der Waals surface area contributed by atoms with Gasteiger partial charge in [-0.25, -0.2) is 4.79 Å². The fourth-order valence-corrected chi connectivity index (χ4v) is 3.87. The second-order valence-electron chi connectivity index (χ2n) is 6.35. The Labute approximate surface area is 133 Å². The number of amides is 2. The zero-order valence-corrected chi connectivity index (χ0v) is 13.0. The summed E-state index contributed by atoms with van der Waals surface area (Å²) in [6.07, 6.45) is 5.67. The van der Waals surface area contributed by atoms with Gasteiger partial charge in [0.05, 0.1) is 24.1 Å². The van der Waals surface area contributed by atoms with Crippen molar-refractivity contribution in [2.75, 3.05) is 11.9 Å². The van der Waals surface area contributed by atoms with Crippen molar-refractivity contribution in [2.45, 2.75) is 31.4 Å². The molecule has 2 amide bonds. The Morgan fingerprint density at radius 3 is 3.09 bits per heavy atom. The normalized spacial score (nSPS) is 26.5. The maximum absolute atomic E-state index is 12.7. The zero-order valence-electron chi connectivity index (χ0n) is 13.0. The number of aliphatic hydroxyl groups is 1. The van der Waals surface area contributed by atoms with E-state index in [1.54, 1.807) is 35.2 Å². The van der Waals surface area contributed by atoms with Gasteiger partial charge in [-0.15, -0.1) is 0 Å². The van der Waals surface area contributed by atoms with Crippen molar-refractivity contribution in [2.24, 2.45) is 13.0 Å². The third-order valence-corrected chi connectivity index (χ3v) is 4.90. The molecular formula is C16H20N4O3. The molecule has 0 aromatic carbocycles. The summed E-state index contributed by atoms with van der Waals surface area (Å²) < 4.78 is 7.03. The number of fused-ring (bicyclic) bond motifs is 1. The largest absolute Gasteiger partial charge is 0.463 e. The van der Waals surface area contributed by atoms with E-state index in [2.05, 4.69) is 10.4 Å². The molecule has 4 rings (SSSR count). The van der Waals surface area contributed by atoms with Crippen LogP contribution in [0.4, 0.5) is 10.5 Å². The average molecular weight is 316 g/mol. The molecule has 3 atom stereocenters. The molecule has 0 bridgehead atoms. The molecular weight excluding hydrogens is 296 g/mol. The smallest absolute Gasteiger partial charge is 0.322 e. The Morgan fingerprint density at radius 1 is 1.43 bits per heavy atom. The summed E-state index contributed by atoms with van der Waals surface area (Å²) in [6, 6.07) is 3.36. The molecule has 0 unspecified atom stereocenters. The number of aryl methyl sites for hydroxylation is 1. The number of carbonyl (C=O) groups is 1. The van der Waals surface area contributed by atoms with Crippen LogP contribution in [0.5, 0.6) is 0 Å². The standard InChI is InChI=1S/C16H20N4O3/c1-19-9-11(14(18-19)13-3-2-8-23-13)17-16(22)20-7-6-10-4-5-12(21)15(10)20/h2-3,8-10,12,15,21H,4-7H2,1H3,(H,17,22)/t10-,12+,15+/m0/s1. The summed E-state index contributed by atoms with van der Waals surface area (Å²) in [7, 11) is 1.80. The monoisotopic (exact) mass is 316 g/mol. The van der Waals surface area contributed by atoms with E-state index in [-0.39, 0.29) is 12.1 Å². The summed E-state index contributed by atoms with van der Waals surface area (Å²) in [5, 5.41) is 17.4. The summed E-state index contributed by atoms with van der Waals surface area (Å²) in [6.45, 7) is 0.689. The van der Waals surface area contributed by atoms with E-state index in [0.717, 1.165) is 19.3 Å². The Kier molecular flexibility index (Phi) is 3.37. The van der Waals surface area contributed by atoms with Crippen LogP contribution in [0, 0.1) is 5.92 Å². The molecule has 7 nitrogen and oxygen atoms in total. The van der Waals surface area contributed by atoms with E-state index in [1.165, 1.54) is 0 Å². The zero-order chi connectivity index (χ0) is 16.0. The first kappa shape index (κ1) is 14.3. The minimum atomic E-state index is -0.410. The molecule has 23 heavy (non-hydrogen) atoms. The Bertz CT molecular complexity index is 709. The fourth-order valence-electron chi connectivity index (χ4n) is 3.87. The molecule has 1 saturated heterocycles. The predicted octanol–water partition coefficient (Wildman–Crippen LogP) is 2.06. The van der Waals surface area contributed by atoms with E-state index in [0.29, 0.717) is 29.6 Å². The van der Waals surface area contributed by atoms with Crippen LogP contribution in [-0.2, 0) is 7.05 Å². The maximum Gasteiger partial charge on any atom is 0.322 e. The third-order valence-electron chi connectivity index (χ3n) is 4.90. The number of nitrogens with one attached hydrogen (secondary N) is 1. The minimum absolute atomic E-state index is 0.0567. The molecule has 3 heterocycles. The van der Waals surface area contributed by atoms with Crippen LogP contribution in [0.1, 0.15) is 19.3 Å². The third kappa shape index (κ3) is 2.41. The van der Waals surface area contributed by atoms with Crippen molar-refractivity contribution in [1.82, 2.24) is 14.7 Å². The maximum atomic E-state index is 12.7. The quantitative estimate of drug-likeness (QED) is 0.888. The number of rotatable bonds is 2. The van der Waals surface area contributed by atoms with Crippen LogP contribution in [-0.4, -0.2) is 44.5 Å². The van der Waals surface area contributed by atoms with Gasteiger partial charge in [-0.2, -0.15) is 5.10 Å². The molecule has 1 aliphatic carbocycles. The van der Waals surface area contributed by atoms with Crippen molar-refractivity contribution < 1.29 is 14.3 Å². The van der Waals surface area contributed by atoms with Crippen molar-refractivity contribution in [3.05, 3.63) is 24.6 Å². The Balaban J connectivity index is 1.56. The number of nitrogens with zero attached hydrogens (tertiary/aromatic N) is 3. The van der Waals surface area contributed by atoms with Crippen LogP contribution in [0.15, 0.2) is 29.0 Å². The highest BCUT2D eigenvalue weighted by Gasteiger charge is 2.45. The number of urea groups is 1. The lowest BCUT2D eigenvalue weighted by Crippen LogP contribution is -2.44. The average Bonchev–Trinajstić information content (AvgIpc) is 3.26. The van der Waals surface area contributed by atoms with Crippen LogP contribution in [0.3, 0.4) is 0 Å². The number of hydrogen-bond acceptors (Lipinski definition) is 4. The SMILES string of the molecule is Cn1cc(NC(=O)N2CC[C@@H]3CC[C@@H](O)[C@@H]32)c(-c2ccco2)n1. The number of anilines is 1. The molecule has 7 heteroatoms. The number of carbonyl (C=O) groups excluding carboxylic acids is 1. The van der Waals surface area contributed by atoms with E-state index >= 15 is 0 Å². The molecule has 2 aromatic heterocycles. The fraction of sp³-hybridized carbons (Fsp3) is 0.500. The van der Waals surface area contributed by atoms with Crippen LogP contribution < -0.4 is 5.32 Å². The van der Waals surface area contributed by atoms with Gasteiger partial charge in [0.1, 0.15) is 0 Å². The van der Waals surface area contributed by atoms with E-state index in [1.807, 2.05) is 6.07 Å². The van der Waals surface area contributed by atoms with Crippen LogP contribution in [0.2, 0.25) is 0 Å². The summed E-state index contributed by atoms with van der Waals surface area (Å²) in [4.78, 5) is 14.4. The molecule has 0 radical (unpaired) electrons. The second-order valence-corrected chi connectivity index (χ2v) is 6.35. The van der Waals surface area contributed by atoms with Gasteiger partial charge in [-0.3, -0.25) is 4.68 Å². The highest BCUT2D eigenvalue weighted by molar-refractivity contribution is 5.93. The van der Waals surface area contributed by atoms with Gasteiger partial charge in [-0.05, 0) is 37.3 Å². The van der Waals surface area contributed by atoms with Crippen molar-refractivity contribution in [3.63, 3.8) is 0 Å². The Hall–Kier alpha value is -2.28. The van der Waals surface area contributed by atoms with Gasteiger partial charge in [0.2, 0.25) is 0 Å². The Morgan fingerprint density at radius 2 is 2.30 bits per heavy atom. The van der Waals surface area contributed by atoms with Crippen molar-refractivity contribution in [3.8, 4) is 11.5 Å². The molecule has 2 aliphatic rings. The summed E-state index contributed by atoms with van der Waals surface area (Å²) in [5.41, 5.74) is 1.22. The number of aromatic nitrogens is 2. The first-order valence-electron chi connectivity index (χ1n) is 7.96. The van der Waals surface area contributed by atoms with E-state index in [9.17, 15) is 9.90 Å². The molecule has 2 fully saturated rings. The van der Waals surface area contributed by atoms with Crippen LogP contribution >= 0.6 is 0 Å². The molecule has 0 spiro atoms. The van der Waals surface area contributed by atoms with Crippen molar-refractivity contribution >= 4 is 11.7 Å². The lowest BCUT2D eigenvalue weighted by Gasteiger charge is -2.26. The van der Waals surface area contributed by atoms with Crippen LogP contribution in [0.25, 0.3) is 11.5 Å². The molecule has 1 saturated carbocycles. The van der Waals surface area contributed by atoms with E-state index < -0.39 is 6.10 Å². The van der Waals surface area contributed by atoms with Gasteiger partial charge in [0, 0.05) is 19.8 Å². The number of aliphatic hydroxyl groups excluding tert-OH is 1. The topological polar surface area (TPSA) is 83.5 Å². The number of likely N-dealkylation sites (tertiary alicyclic amines) is 1. The minimum Gasteiger partial charge on any atom is -0.463 e. The highest BCUT2D eigenvalue weighted by atomic mass is 16.3. The lowest BCUT2D eigenvalue weighted by atomic mass is 10.0. The summed E-state index contributed by atoms with van der Waals surface area (Å²) >= 11 is 0. The first-order chi connectivity index (χ1) is 11.1. The van der Waals surface area contributed by atoms with Crippen molar-refractivity contribution in [1.29, 1.82) is 0 Å². The molecule has 2 aromatic rings. The van der Waals surface area contributed by atoms with Gasteiger partial charge >= 0.3 is 6.03 Å². The number of hydrogen-bond donors (Lipinski definition) is 2. The van der Waals surface area contributed by atoms with Gasteiger partial charge in [0.15, 0.2) is 11.5 Å². The van der Waals surface area contributed by atoms with Gasteiger partial charge in [-0.1, -0.05) is 0 Å². The molecule has 122 valence electrons. The lowest BCUT2D eigenvalue weighted by molar-refractivity contribution is 0.101. The summed E-state index contributed by atoms with van der Waals surface area (Å²) in [5.74, 6) is 1.04. The molecule has 1 aliphatic heterocycles. The van der Waals surface area contributed by atoms with E-state index in [4.69, 9.17) is 4.42 Å². The first-order valence-corrected chi connectivity index (χ1v) is 7.96. The highest BCUT2D eigenvalue weighted by Crippen LogP contribution is 2.38. The predicted molar refractivity (Wildman–Crippen MR) is 83.8 cm³/mol. The van der Waals surface area contributed by atoms with Gasteiger partial charge in [0.25, 0.3) is 0 Å². The number of furan rings is 1. The molecule has 2 N–H and O–H groups in total.